The predicted molar refractivity (Wildman–Crippen MR) is 68.7 cm³/mol. The second-order valence-corrected chi connectivity index (χ2v) is 8.89. The van der Waals surface area contributed by atoms with Crippen LogP contribution in [0.2, 0.25) is 0 Å². The number of carbonyl (C=O) groups is 2. The fraction of sp³-hybridized carbons (Fsp3) is 0. The van der Waals surface area contributed by atoms with Gasteiger partial charge in [-0.3, -0.25) is 0 Å². The zero-order chi connectivity index (χ0) is 13.0. The number of rotatable bonds is 0. The second kappa shape index (κ2) is 3.47. The Morgan fingerprint density at radius 1 is 0.684 bits per heavy atom. The van der Waals surface area contributed by atoms with Crippen LogP contribution in [0.4, 0.5) is 0 Å². The van der Waals surface area contributed by atoms with Gasteiger partial charge in [0.05, 0.1) is 0 Å². The molecule has 0 saturated heterocycles. The second-order valence-electron chi connectivity index (χ2n) is 4.24. The molecule has 4 rings (SSSR count). The molecule has 0 unspecified atom stereocenters. The van der Waals surface area contributed by atoms with Crippen molar-refractivity contribution in [3.8, 4) is 0 Å². The topological polar surface area (TPSA) is 52.6 Å². The summed E-state index contributed by atoms with van der Waals surface area (Å²) in [7, 11) is 0. The van der Waals surface area contributed by atoms with Gasteiger partial charge in [0.2, 0.25) is 0 Å². The van der Waals surface area contributed by atoms with Crippen LogP contribution in [0, 0.1) is 0 Å². The molecule has 0 N–H and O–H groups in total. The van der Waals surface area contributed by atoms with Crippen molar-refractivity contribution in [2.24, 2.45) is 0 Å². The summed E-state index contributed by atoms with van der Waals surface area (Å²) in [6.45, 7) is 0. The van der Waals surface area contributed by atoms with Gasteiger partial charge < -0.3 is 0 Å². The van der Waals surface area contributed by atoms with Crippen molar-refractivity contribution in [2.75, 3.05) is 0 Å². The summed E-state index contributed by atoms with van der Waals surface area (Å²) >= 11 is -3.35. The average Bonchev–Trinajstić information content (AvgIpc) is 2.88. The van der Waals surface area contributed by atoms with Crippen LogP contribution in [0.15, 0.2) is 48.5 Å². The Balaban J connectivity index is 2.05. The first kappa shape index (κ1) is 10.8. The standard InChI is InChI=1S/C14H8O4Se/c15-13-9-5-1-3-7-11(9)19(17-13)12-8-4-2-6-10(12)14(16)18-19/h1-8H. The molecule has 0 fully saturated rings. The zero-order valence-corrected chi connectivity index (χ0v) is 11.4. The van der Waals surface area contributed by atoms with Crippen LogP contribution >= 0.6 is 0 Å². The van der Waals surface area contributed by atoms with Crippen molar-refractivity contribution >= 4 is 34.4 Å². The first-order chi connectivity index (χ1) is 9.22. The molecule has 19 heavy (non-hydrogen) atoms. The molecule has 0 aromatic heterocycles. The van der Waals surface area contributed by atoms with E-state index < -0.39 is 25.4 Å². The molecule has 2 heterocycles. The third kappa shape index (κ3) is 1.23. The van der Waals surface area contributed by atoms with Gasteiger partial charge in [-0.15, -0.1) is 0 Å². The van der Waals surface area contributed by atoms with Crippen LogP contribution in [-0.2, 0) is 7.64 Å². The summed E-state index contributed by atoms with van der Waals surface area (Å²) < 4.78 is 12.6. The molecule has 0 bridgehead atoms. The fourth-order valence-electron chi connectivity index (χ4n) is 2.36. The molecule has 0 amide bonds. The van der Waals surface area contributed by atoms with E-state index in [-0.39, 0.29) is 0 Å². The van der Waals surface area contributed by atoms with E-state index >= 15 is 0 Å². The Labute approximate surface area is 111 Å². The number of benzene rings is 2. The van der Waals surface area contributed by atoms with Crippen LogP contribution in [0.25, 0.3) is 0 Å². The molecule has 5 heteroatoms. The summed E-state index contributed by atoms with van der Waals surface area (Å²) in [4.78, 5) is 23.9. The molecule has 0 atom stereocenters. The monoisotopic (exact) mass is 320 g/mol. The van der Waals surface area contributed by atoms with Crippen molar-refractivity contribution in [3.63, 3.8) is 0 Å². The van der Waals surface area contributed by atoms with Gasteiger partial charge in [0.25, 0.3) is 0 Å². The van der Waals surface area contributed by atoms with Crippen molar-refractivity contribution in [1.29, 1.82) is 0 Å². The van der Waals surface area contributed by atoms with E-state index in [2.05, 4.69) is 0 Å². The van der Waals surface area contributed by atoms with E-state index in [9.17, 15) is 9.59 Å². The van der Waals surface area contributed by atoms with Crippen molar-refractivity contribution in [2.45, 2.75) is 0 Å². The normalized spacial score (nSPS) is 19.6. The van der Waals surface area contributed by atoms with Gasteiger partial charge in [-0.1, -0.05) is 0 Å². The van der Waals surface area contributed by atoms with Gasteiger partial charge in [-0.05, 0) is 0 Å². The maximum absolute atomic E-state index is 12.0. The Bertz CT molecular complexity index is 674. The van der Waals surface area contributed by atoms with Gasteiger partial charge in [0.15, 0.2) is 0 Å². The number of fused-ring (bicyclic) bond motifs is 4. The summed E-state index contributed by atoms with van der Waals surface area (Å²) in [6.07, 6.45) is 0. The third-order valence-electron chi connectivity index (χ3n) is 3.18. The Kier molecular flexibility index (Phi) is 1.97. The van der Waals surface area contributed by atoms with Crippen LogP contribution in [0.1, 0.15) is 20.7 Å². The Hall–Kier alpha value is -2.10. The molecule has 2 aromatic carbocycles. The van der Waals surface area contributed by atoms with E-state index in [0.717, 1.165) is 8.92 Å². The SMILES string of the molecule is O=C1O[Se]2(OC(=O)c3ccccc32)c2ccccc21. The third-order valence-corrected chi connectivity index (χ3v) is 8.72. The molecule has 0 saturated carbocycles. The molecule has 4 nitrogen and oxygen atoms in total. The first-order valence-electron chi connectivity index (χ1n) is 5.71. The predicted octanol–water partition coefficient (Wildman–Crippen LogP) is 0.584. The molecule has 1 spiro atoms. The molecule has 2 aromatic rings. The van der Waals surface area contributed by atoms with Crippen LogP contribution in [-0.4, -0.2) is 25.4 Å². The average molecular weight is 319 g/mol. The zero-order valence-electron chi connectivity index (χ0n) is 9.66. The van der Waals surface area contributed by atoms with Crippen molar-refractivity contribution < 1.29 is 17.2 Å². The number of hydrogen-bond acceptors (Lipinski definition) is 4. The van der Waals surface area contributed by atoms with E-state index in [1.165, 1.54) is 0 Å². The molecule has 94 valence electrons. The quantitative estimate of drug-likeness (QED) is 0.667. The molecule has 2 aliphatic rings. The van der Waals surface area contributed by atoms with Gasteiger partial charge in [0.1, 0.15) is 0 Å². The Morgan fingerprint density at radius 2 is 1.11 bits per heavy atom. The van der Waals surface area contributed by atoms with E-state index in [1.54, 1.807) is 24.3 Å². The van der Waals surface area contributed by atoms with Crippen LogP contribution in [0.3, 0.4) is 0 Å². The van der Waals surface area contributed by atoms with Gasteiger partial charge in [-0.2, -0.15) is 0 Å². The van der Waals surface area contributed by atoms with Crippen molar-refractivity contribution in [1.82, 2.24) is 0 Å². The maximum atomic E-state index is 12.0. The van der Waals surface area contributed by atoms with Gasteiger partial charge in [-0.25, -0.2) is 0 Å². The molecule has 0 aliphatic carbocycles. The van der Waals surface area contributed by atoms with Crippen LogP contribution in [0.5, 0.6) is 0 Å². The summed E-state index contributed by atoms with van der Waals surface area (Å²) in [5.41, 5.74) is 1.01. The molecular weight excluding hydrogens is 311 g/mol. The van der Waals surface area contributed by atoms with E-state index in [1.807, 2.05) is 24.3 Å². The molecular formula is C14H8O4Se. The molecule has 0 radical (unpaired) electrons. The van der Waals surface area contributed by atoms with Gasteiger partial charge >= 0.3 is 111 Å². The Morgan fingerprint density at radius 3 is 1.58 bits per heavy atom. The van der Waals surface area contributed by atoms with Crippen molar-refractivity contribution in [3.05, 3.63) is 59.7 Å². The summed E-state index contributed by atoms with van der Waals surface area (Å²) in [6, 6.07) is 14.3. The van der Waals surface area contributed by atoms with E-state index in [4.69, 9.17) is 7.64 Å². The molecule has 2 aliphatic heterocycles. The minimum absolute atomic E-state index is 0.403. The fourth-order valence-corrected chi connectivity index (χ4v) is 7.88. The number of carbonyl (C=O) groups excluding carboxylic acids is 2. The number of hydrogen-bond donors (Lipinski definition) is 0. The first-order valence-corrected chi connectivity index (χ1v) is 8.82. The summed E-state index contributed by atoms with van der Waals surface area (Å²) in [5, 5.41) is 0. The van der Waals surface area contributed by atoms with Gasteiger partial charge in [0, 0.05) is 0 Å². The minimum atomic E-state index is -3.35. The van der Waals surface area contributed by atoms with E-state index in [0.29, 0.717) is 11.1 Å². The summed E-state index contributed by atoms with van der Waals surface area (Å²) in [5.74, 6) is -0.805. The van der Waals surface area contributed by atoms with Crippen LogP contribution < -0.4 is 8.92 Å².